The van der Waals surface area contributed by atoms with Gasteiger partial charge in [-0.15, -0.1) is 0 Å². The average molecular weight is 353 g/mol. The van der Waals surface area contributed by atoms with Crippen molar-refractivity contribution in [1.82, 2.24) is 15.6 Å². The number of rotatable bonds is 7. The van der Waals surface area contributed by atoms with Gasteiger partial charge in [0.15, 0.2) is 0 Å². The third-order valence-electron chi connectivity index (χ3n) is 4.15. The van der Waals surface area contributed by atoms with Crippen LogP contribution in [-0.2, 0) is 22.4 Å². The summed E-state index contributed by atoms with van der Waals surface area (Å²) in [6, 6.07) is 14.2. The molecule has 0 bridgehead atoms. The van der Waals surface area contributed by atoms with Gasteiger partial charge in [-0.1, -0.05) is 36.4 Å². The first kappa shape index (κ1) is 17.7. The SMILES string of the molecule is O=C(CNC(=O)Cc1c[nH]c2ccccc12)NCCc1ccccc1F. The molecule has 2 aromatic carbocycles. The van der Waals surface area contributed by atoms with Gasteiger partial charge in [0.25, 0.3) is 0 Å². The minimum atomic E-state index is -0.298. The van der Waals surface area contributed by atoms with Crippen LogP contribution in [0.5, 0.6) is 0 Å². The van der Waals surface area contributed by atoms with Gasteiger partial charge in [0.1, 0.15) is 5.82 Å². The number of carbonyl (C=O) groups excluding carboxylic acids is 2. The van der Waals surface area contributed by atoms with Crippen molar-refractivity contribution in [1.29, 1.82) is 0 Å². The Kier molecular flexibility index (Phi) is 5.63. The van der Waals surface area contributed by atoms with E-state index < -0.39 is 0 Å². The highest BCUT2D eigenvalue weighted by Crippen LogP contribution is 2.17. The molecule has 0 saturated carbocycles. The molecule has 0 aliphatic rings. The number of para-hydroxylation sites is 1. The fourth-order valence-corrected chi connectivity index (χ4v) is 2.79. The Bertz CT molecular complexity index is 920. The molecule has 2 amide bonds. The van der Waals surface area contributed by atoms with Crippen molar-refractivity contribution in [2.45, 2.75) is 12.8 Å². The molecule has 0 fully saturated rings. The standard InChI is InChI=1S/C20H20FN3O2/c21-17-7-3-1-5-14(17)9-10-22-20(26)13-24-19(25)11-15-12-23-18-8-4-2-6-16(15)18/h1-8,12,23H,9-11,13H2,(H,22,26)(H,24,25). The van der Waals surface area contributed by atoms with Crippen LogP contribution in [0.2, 0.25) is 0 Å². The second-order valence-corrected chi connectivity index (χ2v) is 6.00. The van der Waals surface area contributed by atoms with Crippen LogP contribution in [-0.4, -0.2) is 29.9 Å². The molecule has 0 atom stereocenters. The van der Waals surface area contributed by atoms with Crippen LogP contribution in [0.25, 0.3) is 10.9 Å². The normalized spacial score (nSPS) is 10.7. The number of amides is 2. The quantitative estimate of drug-likeness (QED) is 0.610. The number of aromatic amines is 1. The zero-order valence-corrected chi connectivity index (χ0v) is 14.2. The van der Waals surface area contributed by atoms with Crippen LogP contribution in [0.15, 0.2) is 54.7 Å². The first-order valence-electron chi connectivity index (χ1n) is 8.45. The van der Waals surface area contributed by atoms with Gasteiger partial charge in [0.05, 0.1) is 13.0 Å². The summed E-state index contributed by atoms with van der Waals surface area (Å²) in [5, 5.41) is 6.28. The van der Waals surface area contributed by atoms with Crippen LogP contribution in [0.1, 0.15) is 11.1 Å². The summed E-state index contributed by atoms with van der Waals surface area (Å²) in [4.78, 5) is 27.0. The van der Waals surface area contributed by atoms with Gasteiger partial charge in [-0.2, -0.15) is 0 Å². The van der Waals surface area contributed by atoms with E-state index in [2.05, 4.69) is 15.6 Å². The van der Waals surface area contributed by atoms with E-state index in [4.69, 9.17) is 0 Å². The first-order chi connectivity index (χ1) is 12.6. The molecule has 6 heteroatoms. The van der Waals surface area contributed by atoms with Gasteiger partial charge < -0.3 is 15.6 Å². The number of nitrogens with one attached hydrogen (secondary N) is 3. The summed E-state index contributed by atoms with van der Waals surface area (Å²) in [6.45, 7) is 0.219. The second kappa shape index (κ2) is 8.29. The lowest BCUT2D eigenvalue weighted by Crippen LogP contribution is -2.38. The van der Waals surface area contributed by atoms with E-state index >= 15 is 0 Å². The highest BCUT2D eigenvalue weighted by molar-refractivity contribution is 5.90. The Morgan fingerprint density at radius 2 is 1.69 bits per heavy atom. The van der Waals surface area contributed by atoms with E-state index in [0.29, 0.717) is 18.5 Å². The highest BCUT2D eigenvalue weighted by Gasteiger charge is 2.10. The molecule has 5 nitrogen and oxygen atoms in total. The van der Waals surface area contributed by atoms with Crippen molar-refractivity contribution >= 4 is 22.7 Å². The summed E-state index contributed by atoms with van der Waals surface area (Å²) >= 11 is 0. The van der Waals surface area contributed by atoms with E-state index in [9.17, 15) is 14.0 Å². The zero-order chi connectivity index (χ0) is 18.4. The number of hydrogen-bond acceptors (Lipinski definition) is 2. The summed E-state index contributed by atoms with van der Waals surface area (Å²) < 4.78 is 13.5. The molecule has 0 aliphatic heterocycles. The van der Waals surface area contributed by atoms with Crippen molar-refractivity contribution in [3.8, 4) is 0 Å². The molecule has 0 aliphatic carbocycles. The first-order valence-corrected chi connectivity index (χ1v) is 8.45. The Balaban J connectivity index is 1.41. The number of halogens is 1. The average Bonchev–Trinajstić information content (AvgIpc) is 3.05. The molecular formula is C20H20FN3O2. The Hall–Kier alpha value is -3.15. The number of H-pyrrole nitrogens is 1. The van der Waals surface area contributed by atoms with Crippen molar-refractivity contribution in [2.75, 3.05) is 13.1 Å². The van der Waals surface area contributed by atoms with Crippen LogP contribution >= 0.6 is 0 Å². The van der Waals surface area contributed by atoms with Crippen LogP contribution < -0.4 is 10.6 Å². The summed E-state index contributed by atoms with van der Waals surface area (Å²) in [6.07, 6.45) is 2.41. The van der Waals surface area contributed by atoms with Crippen molar-refractivity contribution in [3.05, 3.63) is 71.7 Å². The van der Waals surface area contributed by atoms with E-state index in [1.807, 2.05) is 24.3 Å². The molecule has 0 spiro atoms. The lowest BCUT2D eigenvalue weighted by molar-refractivity contribution is -0.125. The molecule has 134 valence electrons. The van der Waals surface area contributed by atoms with Crippen LogP contribution in [0, 0.1) is 5.82 Å². The van der Waals surface area contributed by atoms with Crippen LogP contribution in [0.4, 0.5) is 4.39 Å². The number of carbonyl (C=O) groups is 2. The lowest BCUT2D eigenvalue weighted by Gasteiger charge is -2.07. The van der Waals surface area contributed by atoms with Gasteiger partial charge >= 0.3 is 0 Å². The third kappa shape index (κ3) is 4.47. The van der Waals surface area contributed by atoms with Gasteiger partial charge in [-0.3, -0.25) is 9.59 Å². The zero-order valence-electron chi connectivity index (χ0n) is 14.2. The third-order valence-corrected chi connectivity index (χ3v) is 4.15. The Labute approximate surface area is 150 Å². The monoisotopic (exact) mass is 353 g/mol. The maximum absolute atomic E-state index is 13.5. The number of hydrogen-bond donors (Lipinski definition) is 3. The molecule has 0 saturated heterocycles. The van der Waals surface area contributed by atoms with Crippen molar-refractivity contribution in [3.63, 3.8) is 0 Å². The van der Waals surface area contributed by atoms with E-state index in [1.54, 1.807) is 24.4 Å². The number of fused-ring (bicyclic) bond motifs is 1. The summed E-state index contributed by atoms with van der Waals surface area (Å²) in [5.41, 5.74) is 2.41. The fraction of sp³-hybridized carbons (Fsp3) is 0.200. The molecule has 0 radical (unpaired) electrons. The van der Waals surface area contributed by atoms with Crippen molar-refractivity contribution < 1.29 is 14.0 Å². The minimum absolute atomic E-state index is 0.0987. The lowest BCUT2D eigenvalue weighted by atomic mass is 10.1. The smallest absolute Gasteiger partial charge is 0.239 e. The van der Waals surface area contributed by atoms with E-state index in [1.165, 1.54) is 6.07 Å². The van der Waals surface area contributed by atoms with Gasteiger partial charge in [-0.25, -0.2) is 4.39 Å². The Morgan fingerprint density at radius 3 is 2.54 bits per heavy atom. The predicted molar refractivity (Wildman–Crippen MR) is 98.1 cm³/mol. The minimum Gasteiger partial charge on any atom is -0.361 e. The summed E-state index contributed by atoms with van der Waals surface area (Å²) in [7, 11) is 0. The molecule has 3 rings (SSSR count). The van der Waals surface area contributed by atoms with Crippen molar-refractivity contribution in [2.24, 2.45) is 0 Å². The molecule has 1 aromatic heterocycles. The topological polar surface area (TPSA) is 74.0 Å². The molecule has 1 heterocycles. The highest BCUT2D eigenvalue weighted by atomic mass is 19.1. The predicted octanol–water partition coefficient (Wildman–Crippen LogP) is 2.32. The maximum atomic E-state index is 13.5. The van der Waals surface area contributed by atoms with Crippen LogP contribution in [0.3, 0.4) is 0 Å². The number of aromatic nitrogens is 1. The largest absolute Gasteiger partial charge is 0.361 e. The maximum Gasteiger partial charge on any atom is 0.239 e. The second-order valence-electron chi connectivity index (χ2n) is 6.00. The van der Waals surface area contributed by atoms with Gasteiger partial charge in [0.2, 0.25) is 11.8 Å². The molecule has 0 unspecified atom stereocenters. The van der Waals surface area contributed by atoms with E-state index in [0.717, 1.165) is 16.5 Å². The molecule has 3 N–H and O–H groups in total. The van der Waals surface area contributed by atoms with Gasteiger partial charge in [-0.05, 0) is 29.7 Å². The molecular weight excluding hydrogens is 333 g/mol. The Morgan fingerprint density at radius 1 is 0.923 bits per heavy atom. The van der Waals surface area contributed by atoms with E-state index in [-0.39, 0.29) is 30.6 Å². The van der Waals surface area contributed by atoms with Gasteiger partial charge in [0, 0.05) is 23.6 Å². The molecule has 3 aromatic rings. The summed E-state index contributed by atoms with van der Waals surface area (Å²) in [5.74, 6) is -0.804. The number of benzene rings is 2. The fourth-order valence-electron chi connectivity index (χ4n) is 2.79. The molecule has 26 heavy (non-hydrogen) atoms.